The van der Waals surface area contributed by atoms with Crippen molar-refractivity contribution in [2.45, 2.75) is 6.92 Å². The van der Waals surface area contributed by atoms with Crippen LogP contribution in [0.1, 0.15) is 15.4 Å². The van der Waals surface area contributed by atoms with Crippen LogP contribution in [0.25, 0.3) is 15.9 Å². The van der Waals surface area contributed by atoms with Gasteiger partial charge in [-0.15, -0.1) is 11.3 Å². The predicted molar refractivity (Wildman–Crippen MR) is 111 cm³/mol. The van der Waals surface area contributed by atoms with Crippen LogP contribution in [0.5, 0.6) is 0 Å². The van der Waals surface area contributed by atoms with E-state index in [2.05, 4.69) is 25.5 Å². The SMILES string of the molecule is Cc1nn(C)c2sc(C(=O)N3CCN(c4nnnn4-c4ccccc4)CC3)cc12. The van der Waals surface area contributed by atoms with E-state index in [1.165, 1.54) is 11.3 Å². The highest BCUT2D eigenvalue weighted by molar-refractivity contribution is 7.20. The molecule has 0 N–H and O–H groups in total. The Hall–Kier alpha value is -3.27. The number of carbonyl (C=O) groups excluding carboxylic acids is 1. The number of aryl methyl sites for hydroxylation is 2. The van der Waals surface area contributed by atoms with Crippen LogP contribution in [0.15, 0.2) is 36.4 Å². The van der Waals surface area contributed by atoms with Gasteiger partial charge in [0.1, 0.15) is 4.83 Å². The number of thiophene rings is 1. The number of hydrogen-bond acceptors (Lipinski definition) is 7. The molecule has 0 spiro atoms. The summed E-state index contributed by atoms with van der Waals surface area (Å²) in [4.78, 5) is 18.8. The molecule has 5 rings (SSSR count). The third kappa shape index (κ3) is 3.05. The largest absolute Gasteiger partial charge is 0.336 e. The molecule has 1 fully saturated rings. The molecule has 9 nitrogen and oxygen atoms in total. The fraction of sp³-hybridized carbons (Fsp3) is 0.316. The summed E-state index contributed by atoms with van der Waals surface area (Å²) >= 11 is 1.50. The van der Waals surface area contributed by atoms with E-state index in [4.69, 9.17) is 0 Å². The molecular formula is C19H20N8OS. The molecule has 0 aliphatic carbocycles. The molecule has 1 saturated heterocycles. The number of para-hydroxylation sites is 1. The van der Waals surface area contributed by atoms with Gasteiger partial charge in [-0.3, -0.25) is 9.48 Å². The number of tetrazole rings is 1. The van der Waals surface area contributed by atoms with Crippen LogP contribution in [0.2, 0.25) is 0 Å². The van der Waals surface area contributed by atoms with Crippen molar-refractivity contribution in [3.63, 3.8) is 0 Å². The summed E-state index contributed by atoms with van der Waals surface area (Å²) in [5.74, 6) is 0.778. The number of benzene rings is 1. The second kappa shape index (κ2) is 6.96. The normalized spacial score (nSPS) is 14.7. The van der Waals surface area contributed by atoms with Gasteiger partial charge >= 0.3 is 0 Å². The van der Waals surface area contributed by atoms with E-state index in [9.17, 15) is 4.79 Å². The molecule has 0 atom stereocenters. The number of rotatable bonds is 3. The summed E-state index contributed by atoms with van der Waals surface area (Å²) in [7, 11) is 1.91. The summed E-state index contributed by atoms with van der Waals surface area (Å²) in [5.41, 5.74) is 1.87. The third-order valence-corrected chi connectivity index (χ3v) is 6.40. The summed E-state index contributed by atoms with van der Waals surface area (Å²) in [5, 5.41) is 17.6. The average Bonchev–Trinajstić information content (AvgIpc) is 3.46. The lowest BCUT2D eigenvalue weighted by atomic mass is 10.2. The second-order valence-corrected chi connectivity index (χ2v) is 8.07. The smallest absolute Gasteiger partial charge is 0.264 e. The van der Waals surface area contributed by atoms with Gasteiger partial charge in [0.15, 0.2) is 0 Å². The maximum Gasteiger partial charge on any atom is 0.264 e. The first-order chi connectivity index (χ1) is 14.1. The highest BCUT2D eigenvalue weighted by atomic mass is 32.1. The van der Waals surface area contributed by atoms with Gasteiger partial charge in [-0.05, 0) is 35.5 Å². The van der Waals surface area contributed by atoms with E-state index in [1.807, 2.05) is 60.0 Å². The average molecular weight is 408 g/mol. The first-order valence-corrected chi connectivity index (χ1v) is 10.2. The molecule has 1 aliphatic rings. The Bertz CT molecular complexity index is 1140. The molecule has 4 aromatic rings. The first kappa shape index (κ1) is 17.8. The number of fused-ring (bicyclic) bond motifs is 1. The van der Waals surface area contributed by atoms with Gasteiger partial charge in [0, 0.05) is 38.6 Å². The molecular weight excluding hydrogens is 388 g/mol. The molecule has 4 heterocycles. The molecule has 1 amide bonds. The summed E-state index contributed by atoms with van der Waals surface area (Å²) < 4.78 is 3.58. The fourth-order valence-corrected chi connectivity index (χ4v) is 4.78. The van der Waals surface area contributed by atoms with Crippen LogP contribution < -0.4 is 4.90 Å². The molecule has 1 aromatic carbocycles. The first-order valence-electron chi connectivity index (χ1n) is 9.43. The highest BCUT2D eigenvalue weighted by Crippen LogP contribution is 2.29. The topological polar surface area (TPSA) is 85.0 Å². The Morgan fingerprint density at radius 3 is 2.59 bits per heavy atom. The number of hydrogen-bond donors (Lipinski definition) is 0. The van der Waals surface area contributed by atoms with Gasteiger partial charge in [-0.1, -0.05) is 23.3 Å². The Morgan fingerprint density at radius 1 is 1.10 bits per heavy atom. The van der Waals surface area contributed by atoms with Crippen molar-refractivity contribution < 1.29 is 4.79 Å². The highest BCUT2D eigenvalue weighted by Gasteiger charge is 2.27. The zero-order chi connectivity index (χ0) is 20.0. The second-order valence-electron chi connectivity index (χ2n) is 7.04. The van der Waals surface area contributed by atoms with Crippen LogP contribution in [-0.4, -0.2) is 67.0 Å². The summed E-state index contributed by atoms with van der Waals surface area (Å²) in [6, 6.07) is 11.8. The molecule has 148 valence electrons. The third-order valence-electron chi connectivity index (χ3n) is 5.21. The number of carbonyl (C=O) groups is 1. The number of aromatic nitrogens is 6. The number of anilines is 1. The zero-order valence-corrected chi connectivity index (χ0v) is 17.0. The van der Waals surface area contributed by atoms with E-state index in [-0.39, 0.29) is 5.91 Å². The van der Waals surface area contributed by atoms with Crippen LogP contribution in [-0.2, 0) is 7.05 Å². The Kier molecular flexibility index (Phi) is 4.27. The lowest BCUT2D eigenvalue weighted by Crippen LogP contribution is -2.49. The predicted octanol–water partition coefficient (Wildman–Crippen LogP) is 1.88. The van der Waals surface area contributed by atoms with Crippen molar-refractivity contribution in [2.75, 3.05) is 31.1 Å². The number of piperazine rings is 1. The van der Waals surface area contributed by atoms with Gasteiger partial charge < -0.3 is 9.80 Å². The molecule has 10 heteroatoms. The quantitative estimate of drug-likeness (QED) is 0.515. The van der Waals surface area contributed by atoms with E-state index in [0.29, 0.717) is 32.1 Å². The van der Waals surface area contributed by atoms with Gasteiger partial charge in [-0.25, -0.2) is 0 Å². The van der Waals surface area contributed by atoms with Crippen LogP contribution in [0.4, 0.5) is 5.95 Å². The van der Waals surface area contributed by atoms with Crippen molar-refractivity contribution in [2.24, 2.45) is 7.05 Å². The van der Waals surface area contributed by atoms with E-state index in [1.54, 1.807) is 4.68 Å². The van der Waals surface area contributed by atoms with Crippen molar-refractivity contribution >= 4 is 33.4 Å². The van der Waals surface area contributed by atoms with Crippen LogP contribution >= 0.6 is 11.3 Å². The molecule has 29 heavy (non-hydrogen) atoms. The number of amides is 1. The summed E-state index contributed by atoms with van der Waals surface area (Å²) in [6.45, 7) is 4.60. The Morgan fingerprint density at radius 2 is 1.86 bits per heavy atom. The van der Waals surface area contributed by atoms with Crippen molar-refractivity contribution in [3.8, 4) is 5.69 Å². The van der Waals surface area contributed by atoms with Gasteiger partial charge in [-0.2, -0.15) is 9.78 Å². The fourth-order valence-electron chi connectivity index (χ4n) is 3.69. The van der Waals surface area contributed by atoms with Crippen molar-refractivity contribution in [1.82, 2.24) is 34.9 Å². The van der Waals surface area contributed by atoms with Crippen molar-refractivity contribution in [1.29, 1.82) is 0 Å². The lowest BCUT2D eigenvalue weighted by molar-refractivity contribution is 0.0751. The van der Waals surface area contributed by atoms with E-state index in [0.717, 1.165) is 26.5 Å². The molecule has 0 radical (unpaired) electrons. The van der Waals surface area contributed by atoms with Gasteiger partial charge in [0.25, 0.3) is 5.91 Å². The van der Waals surface area contributed by atoms with Gasteiger partial charge in [0.2, 0.25) is 5.95 Å². The van der Waals surface area contributed by atoms with Crippen LogP contribution in [0.3, 0.4) is 0 Å². The lowest BCUT2D eigenvalue weighted by Gasteiger charge is -2.34. The monoisotopic (exact) mass is 408 g/mol. The molecule has 0 saturated carbocycles. The van der Waals surface area contributed by atoms with Crippen molar-refractivity contribution in [3.05, 3.63) is 47.0 Å². The minimum Gasteiger partial charge on any atom is -0.336 e. The van der Waals surface area contributed by atoms with Crippen LogP contribution in [0, 0.1) is 6.92 Å². The molecule has 3 aromatic heterocycles. The molecule has 0 unspecified atom stereocenters. The molecule has 1 aliphatic heterocycles. The number of nitrogens with zero attached hydrogens (tertiary/aromatic N) is 8. The Labute approximate surface area is 171 Å². The zero-order valence-electron chi connectivity index (χ0n) is 16.2. The maximum absolute atomic E-state index is 13.0. The van der Waals surface area contributed by atoms with E-state index < -0.39 is 0 Å². The standard InChI is InChI=1S/C19H20N8OS/c1-13-15-12-16(29-18(15)24(2)21-13)17(28)25-8-10-26(11-9-25)19-20-22-23-27(19)14-6-4-3-5-7-14/h3-7,12H,8-11H2,1-2H3. The maximum atomic E-state index is 13.0. The summed E-state index contributed by atoms with van der Waals surface area (Å²) in [6.07, 6.45) is 0. The minimum atomic E-state index is 0.0768. The van der Waals surface area contributed by atoms with E-state index >= 15 is 0 Å². The minimum absolute atomic E-state index is 0.0768. The van der Waals surface area contributed by atoms with Gasteiger partial charge in [0.05, 0.1) is 16.3 Å². The Balaban J connectivity index is 1.31. The molecule has 0 bridgehead atoms.